The van der Waals surface area contributed by atoms with Crippen LogP contribution in [0.3, 0.4) is 0 Å². The van der Waals surface area contributed by atoms with Gasteiger partial charge in [0.05, 0.1) is 17.6 Å². The molecule has 1 unspecified atom stereocenters. The van der Waals surface area contributed by atoms with E-state index in [1.54, 1.807) is 25.7 Å². The number of benzene rings is 1. The Labute approximate surface area is 200 Å². The molecule has 34 heavy (non-hydrogen) atoms. The number of nitrogens with zero attached hydrogens (tertiary/aromatic N) is 1. The maximum absolute atomic E-state index is 14.9. The summed E-state index contributed by atoms with van der Waals surface area (Å²) >= 11 is 0. The van der Waals surface area contributed by atoms with Gasteiger partial charge in [0.15, 0.2) is 0 Å². The Kier molecular flexibility index (Phi) is 7.34. The third-order valence-electron chi connectivity index (χ3n) is 6.51. The van der Waals surface area contributed by atoms with Gasteiger partial charge in [0.2, 0.25) is 5.91 Å². The van der Waals surface area contributed by atoms with E-state index in [0.717, 1.165) is 12.1 Å². The molecule has 2 saturated heterocycles. The Morgan fingerprint density at radius 1 is 1.15 bits per heavy atom. The molecule has 2 amide bonds. The summed E-state index contributed by atoms with van der Waals surface area (Å²) in [6.45, 7) is 13.4. The standard InChI is InChI=1S/C24H35BF2N2O5/c1-22(2,3)32-21(31)28-16-9-8-10-29(14-16)20(30)12-15-11-19(27)17(13-18(15)26)25-33-23(4,5)24(6,7)34-25/h11,13,16H,8-10,12,14H2,1-7H3,(H,28,31). The van der Waals surface area contributed by atoms with Gasteiger partial charge in [0.1, 0.15) is 17.2 Å². The molecule has 0 radical (unpaired) electrons. The molecule has 1 N–H and O–H groups in total. The molecule has 1 aromatic carbocycles. The molecule has 0 aromatic heterocycles. The Morgan fingerprint density at radius 3 is 2.35 bits per heavy atom. The molecule has 2 heterocycles. The number of nitrogens with one attached hydrogen (secondary N) is 1. The minimum atomic E-state index is -1.04. The zero-order chi connectivity index (χ0) is 25.5. The smallest absolute Gasteiger partial charge is 0.444 e. The van der Waals surface area contributed by atoms with Crippen LogP contribution in [0, 0.1) is 11.6 Å². The summed E-state index contributed by atoms with van der Waals surface area (Å²) in [7, 11) is -1.04. The van der Waals surface area contributed by atoms with E-state index < -0.39 is 41.6 Å². The number of hydrogen-bond acceptors (Lipinski definition) is 5. The van der Waals surface area contributed by atoms with Crippen molar-refractivity contribution in [1.82, 2.24) is 10.2 Å². The number of alkyl carbamates (subject to hydrolysis) is 1. The van der Waals surface area contributed by atoms with Gasteiger partial charge in [-0.15, -0.1) is 0 Å². The Morgan fingerprint density at radius 2 is 1.76 bits per heavy atom. The van der Waals surface area contributed by atoms with E-state index in [2.05, 4.69) is 5.32 Å². The lowest BCUT2D eigenvalue weighted by atomic mass is 9.78. The SMILES string of the molecule is CC(C)(C)OC(=O)NC1CCCN(C(=O)Cc2cc(F)c(B3OC(C)(C)C(C)(C)O3)cc2F)C1. The van der Waals surface area contributed by atoms with Crippen molar-refractivity contribution < 1.29 is 32.4 Å². The van der Waals surface area contributed by atoms with Crippen molar-refractivity contribution in [3.05, 3.63) is 29.3 Å². The van der Waals surface area contributed by atoms with Gasteiger partial charge in [-0.3, -0.25) is 4.79 Å². The van der Waals surface area contributed by atoms with E-state index in [-0.39, 0.29) is 35.9 Å². The van der Waals surface area contributed by atoms with E-state index in [9.17, 15) is 18.4 Å². The van der Waals surface area contributed by atoms with Crippen LogP contribution >= 0.6 is 0 Å². The van der Waals surface area contributed by atoms with Crippen molar-refractivity contribution >= 4 is 24.6 Å². The number of hydrogen-bond donors (Lipinski definition) is 1. The highest BCUT2D eigenvalue weighted by Gasteiger charge is 2.52. The quantitative estimate of drug-likeness (QED) is 0.670. The van der Waals surface area contributed by atoms with Crippen molar-refractivity contribution in [2.24, 2.45) is 0 Å². The van der Waals surface area contributed by atoms with E-state index >= 15 is 0 Å². The van der Waals surface area contributed by atoms with Crippen molar-refractivity contribution in [1.29, 1.82) is 0 Å². The molecule has 2 aliphatic rings. The van der Waals surface area contributed by atoms with Gasteiger partial charge >= 0.3 is 13.2 Å². The fourth-order valence-corrected chi connectivity index (χ4v) is 3.96. The molecule has 7 nitrogen and oxygen atoms in total. The number of piperidine rings is 1. The summed E-state index contributed by atoms with van der Waals surface area (Å²) in [5.74, 6) is -1.72. The highest BCUT2D eigenvalue weighted by molar-refractivity contribution is 6.62. The summed E-state index contributed by atoms with van der Waals surface area (Å²) in [5, 5.41) is 2.78. The van der Waals surface area contributed by atoms with E-state index in [0.29, 0.717) is 19.4 Å². The maximum Gasteiger partial charge on any atom is 0.497 e. The van der Waals surface area contributed by atoms with Gasteiger partial charge in [0.25, 0.3) is 0 Å². The average Bonchev–Trinajstić information content (AvgIpc) is 2.90. The first kappa shape index (κ1) is 26.4. The Hall–Kier alpha value is -2.20. The second-order valence-corrected chi connectivity index (χ2v) is 11.1. The molecular formula is C24H35BF2N2O5. The van der Waals surface area contributed by atoms with Crippen LogP contribution in [0.25, 0.3) is 0 Å². The highest BCUT2D eigenvalue weighted by Crippen LogP contribution is 2.36. The number of carbonyl (C=O) groups is 2. The predicted octanol–water partition coefficient (Wildman–Crippen LogP) is 3.32. The molecule has 1 atom stereocenters. The zero-order valence-corrected chi connectivity index (χ0v) is 21.1. The van der Waals surface area contributed by atoms with E-state index in [1.165, 1.54) is 0 Å². The maximum atomic E-state index is 14.9. The van der Waals surface area contributed by atoms with E-state index in [1.807, 2.05) is 27.7 Å². The number of halogens is 2. The van der Waals surface area contributed by atoms with Gasteiger partial charge in [-0.05, 0) is 79.0 Å². The highest BCUT2D eigenvalue weighted by atomic mass is 19.1. The second kappa shape index (κ2) is 9.45. The summed E-state index contributed by atoms with van der Waals surface area (Å²) in [5.41, 5.74) is -2.07. The van der Waals surface area contributed by atoms with Crippen molar-refractivity contribution in [2.75, 3.05) is 13.1 Å². The van der Waals surface area contributed by atoms with Crippen LogP contribution < -0.4 is 10.8 Å². The lowest BCUT2D eigenvalue weighted by Gasteiger charge is -2.33. The first-order valence-corrected chi connectivity index (χ1v) is 11.7. The molecule has 188 valence electrons. The number of rotatable bonds is 4. The molecule has 0 aliphatic carbocycles. The number of carbonyl (C=O) groups excluding carboxylic acids is 2. The van der Waals surface area contributed by atoms with Crippen molar-refractivity contribution in [3.8, 4) is 0 Å². The molecule has 2 aliphatic heterocycles. The first-order valence-electron chi connectivity index (χ1n) is 11.7. The largest absolute Gasteiger partial charge is 0.497 e. The van der Waals surface area contributed by atoms with Crippen molar-refractivity contribution in [3.63, 3.8) is 0 Å². The lowest BCUT2D eigenvalue weighted by molar-refractivity contribution is -0.131. The third-order valence-corrected chi connectivity index (χ3v) is 6.51. The summed E-state index contributed by atoms with van der Waals surface area (Å²) < 4.78 is 46.7. The van der Waals surface area contributed by atoms with Gasteiger partial charge in [0, 0.05) is 24.6 Å². The molecule has 0 spiro atoms. The minimum absolute atomic E-state index is 0.0352. The monoisotopic (exact) mass is 480 g/mol. The van der Waals surface area contributed by atoms with Gasteiger partial charge < -0.3 is 24.3 Å². The Bertz CT molecular complexity index is 932. The van der Waals surface area contributed by atoms with Crippen LogP contribution in [0.2, 0.25) is 0 Å². The van der Waals surface area contributed by atoms with Crippen LogP contribution in [0.4, 0.5) is 13.6 Å². The van der Waals surface area contributed by atoms with Gasteiger partial charge in [-0.1, -0.05) is 0 Å². The third kappa shape index (κ3) is 6.07. The molecule has 0 saturated carbocycles. The zero-order valence-electron chi connectivity index (χ0n) is 21.1. The topological polar surface area (TPSA) is 77.1 Å². The normalized spacial score (nSPS) is 22.0. The molecule has 2 fully saturated rings. The Balaban J connectivity index is 1.65. The van der Waals surface area contributed by atoms with Crippen LogP contribution in [0.15, 0.2) is 12.1 Å². The van der Waals surface area contributed by atoms with Crippen LogP contribution in [0.1, 0.15) is 66.9 Å². The number of likely N-dealkylation sites (tertiary alicyclic amines) is 1. The fourth-order valence-electron chi connectivity index (χ4n) is 3.96. The average molecular weight is 480 g/mol. The van der Waals surface area contributed by atoms with Crippen molar-refractivity contribution in [2.45, 2.75) is 90.6 Å². The molecule has 0 bridgehead atoms. The second-order valence-electron chi connectivity index (χ2n) is 11.1. The fraction of sp³-hybridized carbons (Fsp3) is 0.667. The minimum Gasteiger partial charge on any atom is -0.444 e. The summed E-state index contributed by atoms with van der Waals surface area (Å²) in [6, 6.07) is 1.82. The van der Waals surface area contributed by atoms with E-state index in [4.69, 9.17) is 14.0 Å². The predicted molar refractivity (Wildman–Crippen MR) is 125 cm³/mol. The van der Waals surface area contributed by atoms with Gasteiger partial charge in [-0.2, -0.15) is 0 Å². The van der Waals surface area contributed by atoms with Crippen LogP contribution in [-0.4, -0.2) is 60.0 Å². The molecule has 1 aromatic rings. The van der Waals surface area contributed by atoms with Gasteiger partial charge in [-0.25, -0.2) is 13.6 Å². The number of ether oxygens (including phenoxy) is 1. The van der Waals surface area contributed by atoms with Crippen LogP contribution in [-0.2, 0) is 25.3 Å². The summed E-state index contributed by atoms with van der Waals surface area (Å²) in [4.78, 5) is 26.5. The first-order chi connectivity index (χ1) is 15.6. The molecule has 10 heteroatoms. The van der Waals surface area contributed by atoms with Crippen LogP contribution in [0.5, 0.6) is 0 Å². The number of amides is 2. The lowest BCUT2D eigenvalue weighted by Crippen LogP contribution is -2.50. The summed E-state index contributed by atoms with van der Waals surface area (Å²) in [6.07, 6.45) is 0.558. The molecule has 3 rings (SSSR count). The molecular weight excluding hydrogens is 445 g/mol.